The number of pyridine rings is 1. The number of nitrogens with two attached hydrogens (primary N) is 1. The topological polar surface area (TPSA) is 77.8 Å². The summed E-state index contributed by atoms with van der Waals surface area (Å²) in [6.07, 6.45) is 1.78. The lowest BCUT2D eigenvalue weighted by atomic mass is 10.1. The number of hydrogen-bond donors (Lipinski definition) is 1. The fourth-order valence-electron chi connectivity index (χ4n) is 1.98. The van der Waals surface area contributed by atoms with Gasteiger partial charge in [0.25, 0.3) is 0 Å². The van der Waals surface area contributed by atoms with Gasteiger partial charge in [0.2, 0.25) is 11.7 Å². The first-order valence-corrected chi connectivity index (χ1v) is 6.59. The van der Waals surface area contributed by atoms with Crippen molar-refractivity contribution in [2.45, 2.75) is 25.8 Å². The summed E-state index contributed by atoms with van der Waals surface area (Å²) in [4.78, 5) is 8.72. The van der Waals surface area contributed by atoms with Crippen molar-refractivity contribution in [3.8, 4) is 11.4 Å². The summed E-state index contributed by atoms with van der Waals surface area (Å²) in [7, 11) is 0. The molecule has 0 fully saturated rings. The van der Waals surface area contributed by atoms with Crippen LogP contribution in [0.4, 0.5) is 0 Å². The number of hydrogen-bond acceptors (Lipinski definition) is 5. The molecule has 5 nitrogen and oxygen atoms in total. The quantitative estimate of drug-likeness (QED) is 0.790. The van der Waals surface area contributed by atoms with E-state index in [0.717, 1.165) is 16.5 Å². The number of rotatable bonds is 3. The Labute approximate surface area is 116 Å². The van der Waals surface area contributed by atoms with Crippen LogP contribution in [0.1, 0.15) is 25.7 Å². The number of benzene rings is 1. The Kier molecular flexibility index (Phi) is 3.20. The van der Waals surface area contributed by atoms with E-state index in [4.69, 9.17) is 10.3 Å². The molecule has 0 saturated carbocycles. The van der Waals surface area contributed by atoms with Crippen molar-refractivity contribution in [3.63, 3.8) is 0 Å². The second-order valence-corrected chi connectivity index (χ2v) is 5.01. The van der Waals surface area contributed by atoms with Crippen LogP contribution in [0.15, 0.2) is 41.1 Å². The summed E-state index contributed by atoms with van der Waals surface area (Å²) in [6, 6.07) is 9.80. The van der Waals surface area contributed by atoms with Gasteiger partial charge in [-0.25, -0.2) is 0 Å². The van der Waals surface area contributed by atoms with Crippen LogP contribution in [0, 0.1) is 0 Å². The number of fused-ring (bicyclic) bond motifs is 1. The molecule has 2 unspecified atom stereocenters. The first-order chi connectivity index (χ1) is 9.65. The fourth-order valence-corrected chi connectivity index (χ4v) is 1.98. The zero-order valence-corrected chi connectivity index (χ0v) is 11.4. The maximum atomic E-state index is 5.85. The normalized spacial score (nSPS) is 14.3. The largest absolute Gasteiger partial charge is 0.339 e. The van der Waals surface area contributed by atoms with Gasteiger partial charge in [-0.1, -0.05) is 18.1 Å². The van der Waals surface area contributed by atoms with Crippen molar-refractivity contribution in [2.75, 3.05) is 0 Å². The summed E-state index contributed by atoms with van der Waals surface area (Å²) in [5, 5.41) is 5.09. The maximum Gasteiger partial charge on any atom is 0.231 e. The highest BCUT2D eigenvalue weighted by molar-refractivity contribution is 5.82. The summed E-state index contributed by atoms with van der Waals surface area (Å²) < 4.78 is 5.30. The lowest BCUT2D eigenvalue weighted by molar-refractivity contribution is 0.347. The van der Waals surface area contributed by atoms with Gasteiger partial charge in [-0.15, -0.1) is 0 Å². The first-order valence-electron chi connectivity index (χ1n) is 6.59. The molecule has 0 bridgehead atoms. The zero-order valence-electron chi connectivity index (χ0n) is 11.4. The third-order valence-corrected chi connectivity index (χ3v) is 3.48. The minimum Gasteiger partial charge on any atom is -0.339 e. The lowest BCUT2D eigenvalue weighted by Crippen LogP contribution is -2.22. The molecule has 2 heterocycles. The highest BCUT2D eigenvalue weighted by Gasteiger charge is 2.18. The Balaban J connectivity index is 1.99. The monoisotopic (exact) mass is 268 g/mol. The van der Waals surface area contributed by atoms with E-state index in [0.29, 0.717) is 11.7 Å². The van der Waals surface area contributed by atoms with Gasteiger partial charge in [0, 0.05) is 23.2 Å². The Morgan fingerprint density at radius 1 is 1.20 bits per heavy atom. The van der Waals surface area contributed by atoms with Crippen LogP contribution in [-0.2, 0) is 0 Å². The van der Waals surface area contributed by atoms with Crippen LogP contribution < -0.4 is 5.73 Å². The third-order valence-electron chi connectivity index (χ3n) is 3.48. The molecule has 0 spiro atoms. The Morgan fingerprint density at radius 2 is 2.05 bits per heavy atom. The predicted octanol–water partition coefficient (Wildman–Crippen LogP) is 2.74. The van der Waals surface area contributed by atoms with Gasteiger partial charge in [-0.05, 0) is 31.2 Å². The summed E-state index contributed by atoms with van der Waals surface area (Å²) in [5.74, 6) is 1.19. The van der Waals surface area contributed by atoms with Gasteiger partial charge in [-0.2, -0.15) is 4.98 Å². The van der Waals surface area contributed by atoms with E-state index >= 15 is 0 Å². The maximum absolute atomic E-state index is 5.85. The molecule has 0 amide bonds. The summed E-state index contributed by atoms with van der Waals surface area (Å²) in [5.41, 5.74) is 7.72. The SMILES string of the molecule is CC(N)C(C)c1nc(-c2ccc3ncccc3c2)no1. The van der Waals surface area contributed by atoms with E-state index in [1.807, 2.05) is 44.2 Å². The molecular weight excluding hydrogens is 252 g/mol. The van der Waals surface area contributed by atoms with Gasteiger partial charge < -0.3 is 10.3 Å². The van der Waals surface area contributed by atoms with Gasteiger partial charge in [0.15, 0.2) is 0 Å². The van der Waals surface area contributed by atoms with Crippen LogP contribution in [-0.4, -0.2) is 21.2 Å². The molecule has 0 aliphatic rings. The molecule has 1 aromatic carbocycles. The van der Waals surface area contributed by atoms with Crippen molar-refractivity contribution in [2.24, 2.45) is 5.73 Å². The van der Waals surface area contributed by atoms with E-state index in [1.165, 1.54) is 0 Å². The molecule has 102 valence electrons. The summed E-state index contributed by atoms with van der Waals surface area (Å²) >= 11 is 0. The van der Waals surface area contributed by atoms with Crippen LogP contribution in [0.25, 0.3) is 22.3 Å². The number of aromatic nitrogens is 3. The van der Waals surface area contributed by atoms with Crippen molar-refractivity contribution in [1.29, 1.82) is 0 Å². The molecule has 0 radical (unpaired) electrons. The van der Waals surface area contributed by atoms with Gasteiger partial charge in [0.05, 0.1) is 11.4 Å². The summed E-state index contributed by atoms with van der Waals surface area (Å²) in [6.45, 7) is 3.91. The van der Waals surface area contributed by atoms with Gasteiger partial charge >= 0.3 is 0 Å². The smallest absolute Gasteiger partial charge is 0.231 e. The van der Waals surface area contributed by atoms with E-state index < -0.39 is 0 Å². The predicted molar refractivity (Wildman–Crippen MR) is 77.1 cm³/mol. The lowest BCUT2D eigenvalue weighted by Gasteiger charge is -2.09. The van der Waals surface area contributed by atoms with Gasteiger partial charge in [0.1, 0.15) is 0 Å². The Bertz CT molecular complexity index is 735. The molecule has 3 rings (SSSR count). The minimum absolute atomic E-state index is 0.0240. The molecule has 2 atom stereocenters. The number of nitrogens with zero attached hydrogens (tertiary/aromatic N) is 3. The van der Waals surface area contributed by atoms with E-state index in [2.05, 4.69) is 15.1 Å². The van der Waals surface area contributed by atoms with Crippen molar-refractivity contribution < 1.29 is 4.52 Å². The second kappa shape index (κ2) is 5.02. The highest BCUT2D eigenvalue weighted by Crippen LogP contribution is 2.23. The van der Waals surface area contributed by atoms with Gasteiger partial charge in [-0.3, -0.25) is 4.98 Å². The molecule has 2 N–H and O–H groups in total. The Morgan fingerprint density at radius 3 is 2.85 bits per heavy atom. The molecular formula is C15H16N4O. The molecule has 0 saturated heterocycles. The second-order valence-electron chi connectivity index (χ2n) is 5.01. The molecule has 5 heteroatoms. The van der Waals surface area contributed by atoms with Crippen molar-refractivity contribution in [1.82, 2.24) is 15.1 Å². The fraction of sp³-hybridized carbons (Fsp3) is 0.267. The average molecular weight is 268 g/mol. The van der Waals surface area contributed by atoms with Crippen LogP contribution in [0.5, 0.6) is 0 Å². The van der Waals surface area contributed by atoms with E-state index in [-0.39, 0.29) is 12.0 Å². The standard InChI is InChI=1S/C15H16N4O/c1-9(10(2)16)15-18-14(19-20-15)12-5-6-13-11(8-12)4-3-7-17-13/h3-10H,16H2,1-2H3. The molecule has 3 aromatic rings. The van der Waals surface area contributed by atoms with Crippen LogP contribution >= 0.6 is 0 Å². The molecule has 0 aliphatic heterocycles. The van der Waals surface area contributed by atoms with Crippen molar-refractivity contribution in [3.05, 3.63) is 42.4 Å². The molecule has 2 aromatic heterocycles. The zero-order chi connectivity index (χ0) is 14.1. The first kappa shape index (κ1) is 12.7. The van der Waals surface area contributed by atoms with Crippen LogP contribution in [0.3, 0.4) is 0 Å². The molecule has 20 heavy (non-hydrogen) atoms. The molecule has 0 aliphatic carbocycles. The van der Waals surface area contributed by atoms with Crippen molar-refractivity contribution >= 4 is 10.9 Å². The third kappa shape index (κ3) is 2.28. The minimum atomic E-state index is -0.0240. The highest BCUT2D eigenvalue weighted by atomic mass is 16.5. The van der Waals surface area contributed by atoms with E-state index in [1.54, 1.807) is 6.20 Å². The average Bonchev–Trinajstić information content (AvgIpc) is 2.95. The Hall–Kier alpha value is -2.27. The van der Waals surface area contributed by atoms with E-state index in [9.17, 15) is 0 Å². The van der Waals surface area contributed by atoms with Crippen LogP contribution in [0.2, 0.25) is 0 Å².